The van der Waals surface area contributed by atoms with Crippen molar-refractivity contribution in [3.05, 3.63) is 17.5 Å². The van der Waals surface area contributed by atoms with Crippen LogP contribution in [0.3, 0.4) is 0 Å². The lowest BCUT2D eigenvalue weighted by molar-refractivity contribution is 0.0866. The van der Waals surface area contributed by atoms with Crippen molar-refractivity contribution in [3.8, 4) is 0 Å². The highest BCUT2D eigenvalue weighted by Gasteiger charge is 2.12. The molecule has 0 spiro atoms. The lowest BCUT2D eigenvalue weighted by Gasteiger charge is -2.23. The second-order valence-electron chi connectivity index (χ2n) is 4.75. The van der Waals surface area contributed by atoms with E-state index in [1.54, 1.807) is 0 Å². The van der Waals surface area contributed by atoms with E-state index in [9.17, 15) is 0 Å². The van der Waals surface area contributed by atoms with E-state index >= 15 is 0 Å². The summed E-state index contributed by atoms with van der Waals surface area (Å²) in [6.07, 6.45) is 3.87. The SMILES string of the molecule is CCn1nc(C)cc1COCC1CCCCN1. The van der Waals surface area contributed by atoms with E-state index in [0.717, 1.165) is 25.4 Å². The van der Waals surface area contributed by atoms with Gasteiger partial charge in [0, 0.05) is 12.6 Å². The van der Waals surface area contributed by atoms with Gasteiger partial charge in [0.1, 0.15) is 0 Å². The minimum absolute atomic E-state index is 0.544. The number of nitrogens with one attached hydrogen (secondary N) is 1. The molecule has 1 saturated heterocycles. The molecule has 0 bridgehead atoms. The molecule has 0 aromatic carbocycles. The molecule has 1 fully saturated rings. The van der Waals surface area contributed by atoms with Crippen molar-refractivity contribution in [2.75, 3.05) is 13.2 Å². The van der Waals surface area contributed by atoms with E-state index < -0.39 is 0 Å². The highest BCUT2D eigenvalue weighted by atomic mass is 16.5. The fourth-order valence-corrected chi connectivity index (χ4v) is 2.36. The van der Waals surface area contributed by atoms with Crippen LogP contribution in [0.15, 0.2) is 6.07 Å². The van der Waals surface area contributed by atoms with Gasteiger partial charge < -0.3 is 10.1 Å². The maximum atomic E-state index is 5.79. The molecule has 1 aromatic rings. The zero-order chi connectivity index (χ0) is 12.1. The van der Waals surface area contributed by atoms with Crippen LogP contribution in [0.1, 0.15) is 37.6 Å². The Labute approximate surface area is 103 Å². The number of hydrogen-bond donors (Lipinski definition) is 1. The van der Waals surface area contributed by atoms with Gasteiger partial charge in [0.05, 0.1) is 24.6 Å². The Balaban J connectivity index is 1.76. The van der Waals surface area contributed by atoms with Gasteiger partial charge in [0.15, 0.2) is 0 Å². The van der Waals surface area contributed by atoms with Crippen LogP contribution >= 0.6 is 0 Å². The zero-order valence-electron chi connectivity index (χ0n) is 10.9. The van der Waals surface area contributed by atoms with Crippen molar-refractivity contribution >= 4 is 0 Å². The molecule has 1 atom stereocenters. The van der Waals surface area contributed by atoms with Crippen LogP contribution in [0, 0.1) is 6.92 Å². The van der Waals surface area contributed by atoms with Gasteiger partial charge in [-0.15, -0.1) is 0 Å². The third kappa shape index (κ3) is 3.54. The van der Waals surface area contributed by atoms with E-state index in [-0.39, 0.29) is 0 Å². The van der Waals surface area contributed by atoms with Gasteiger partial charge in [0.2, 0.25) is 0 Å². The number of piperidine rings is 1. The Bertz CT molecular complexity index is 342. The highest BCUT2D eigenvalue weighted by molar-refractivity contribution is 5.07. The summed E-state index contributed by atoms with van der Waals surface area (Å²) in [5.74, 6) is 0. The molecule has 1 unspecified atom stereocenters. The predicted molar refractivity (Wildman–Crippen MR) is 67.9 cm³/mol. The Morgan fingerprint density at radius 2 is 2.41 bits per heavy atom. The number of ether oxygens (including phenoxy) is 1. The smallest absolute Gasteiger partial charge is 0.0885 e. The largest absolute Gasteiger partial charge is 0.374 e. The summed E-state index contributed by atoms with van der Waals surface area (Å²) in [6.45, 7) is 7.67. The second kappa shape index (κ2) is 6.17. The number of nitrogens with zero attached hydrogens (tertiary/aromatic N) is 2. The molecule has 96 valence electrons. The number of aryl methyl sites for hydroxylation is 2. The average molecular weight is 237 g/mol. The molecule has 2 rings (SSSR count). The van der Waals surface area contributed by atoms with Gasteiger partial charge in [-0.3, -0.25) is 4.68 Å². The van der Waals surface area contributed by atoms with Crippen LogP contribution < -0.4 is 5.32 Å². The molecule has 0 aliphatic carbocycles. The first-order valence-corrected chi connectivity index (χ1v) is 6.64. The minimum atomic E-state index is 0.544. The number of hydrogen-bond acceptors (Lipinski definition) is 3. The van der Waals surface area contributed by atoms with Crippen LogP contribution in [-0.2, 0) is 17.9 Å². The van der Waals surface area contributed by atoms with Gasteiger partial charge >= 0.3 is 0 Å². The van der Waals surface area contributed by atoms with Gasteiger partial charge in [-0.2, -0.15) is 5.10 Å². The van der Waals surface area contributed by atoms with Crippen LogP contribution in [0.2, 0.25) is 0 Å². The van der Waals surface area contributed by atoms with Gasteiger partial charge in [-0.25, -0.2) is 0 Å². The molecule has 1 aliphatic rings. The summed E-state index contributed by atoms with van der Waals surface area (Å²) in [5.41, 5.74) is 2.25. The summed E-state index contributed by atoms with van der Waals surface area (Å²) in [6, 6.07) is 2.65. The van der Waals surface area contributed by atoms with Crippen LogP contribution in [0.4, 0.5) is 0 Å². The topological polar surface area (TPSA) is 39.1 Å². The molecule has 4 heteroatoms. The summed E-state index contributed by atoms with van der Waals surface area (Å²) in [5, 5.41) is 7.91. The Morgan fingerprint density at radius 1 is 1.53 bits per heavy atom. The van der Waals surface area contributed by atoms with Crippen LogP contribution in [-0.4, -0.2) is 29.0 Å². The Kier molecular flexibility index (Phi) is 4.57. The third-order valence-corrected chi connectivity index (χ3v) is 3.27. The molecular formula is C13H23N3O. The molecule has 4 nitrogen and oxygen atoms in total. The lowest BCUT2D eigenvalue weighted by atomic mass is 10.1. The second-order valence-corrected chi connectivity index (χ2v) is 4.75. The molecular weight excluding hydrogens is 214 g/mol. The molecule has 1 aliphatic heterocycles. The van der Waals surface area contributed by atoms with E-state index in [4.69, 9.17) is 4.74 Å². The molecule has 2 heterocycles. The molecule has 0 amide bonds. The van der Waals surface area contributed by atoms with Crippen molar-refractivity contribution in [2.24, 2.45) is 0 Å². The van der Waals surface area contributed by atoms with Crippen molar-refractivity contribution in [1.29, 1.82) is 0 Å². The first kappa shape index (κ1) is 12.6. The minimum Gasteiger partial charge on any atom is -0.374 e. The summed E-state index contributed by atoms with van der Waals surface area (Å²) in [7, 11) is 0. The fraction of sp³-hybridized carbons (Fsp3) is 0.769. The van der Waals surface area contributed by atoms with E-state index in [1.165, 1.54) is 25.0 Å². The molecule has 17 heavy (non-hydrogen) atoms. The lowest BCUT2D eigenvalue weighted by Crippen LogP contribution is -2.37. The Morgan fingerprint density at radius 3 is 3.12 bits per heavy atom. The summed E-state index contributed by atoms with van der Waals surface area (Å²) < 4.78 is 7.81. The van der Waals surface area contributed by atoms with Crippen molar-refractivity contribution in [2.45, 2.75) is 52.3 Å². The van der Waals surface area contributed by atoms with Gasteiger partial charge in [-0.1, -0.05) is 6.42 Å². The monoisotopic (exact) mass is 237 g/mol. The predicted octanol–water partition coefficient (Wildman–Crippen LogP) is 1.87. The number of aromatic nitrogens is 2. The zero-order valence-corrected chi connectivity index (χ0v) is 10.9. The quantitative estimate of drug-likeness (QED) is 0.849. The van der Waals surface area contributed by atoms with E-state index in [1.807, 2.05) is 11.6 Å². The maximum absolute atomic E-state index is 5.79. The molecule has 0 saturated carbocycles. The van der Waals surface area contributed by atoms with Crippen LogP contribution in [0.25, 0.3) is 0 Å². The highest BCUT2D eigenvalue weighted by Crippen LogP contribution is 2.09. The third-order valence-electron chi connectivity index (χ3n) is 3.27. The fourth-order valence-electron chi connectivity index (χ4n) is 2.36. The maximum Gasteiger partial charge on any atom is 0.0885 e. The van der Waals surface area contributed by atoms with Crippen molar-refractivity contribution < 1.29 is 4.74 Å². The first-order valence-electron chi connectivity index (χ1n) is 6.64. The first-order chi connectivity index (χ1) is 8.29. The normalized spacial score (nSPS) is 20.7. The van der Waals surface area contributed by atoms with Gasteiger partial charge in [-0.05, 0) is 39.3 Å². The van der Waals surface area contributed by atoms with Crippen LogP contribution in [0.5, 0.6) is 0 Å². The van der Waals surface area contributed by atoms with E-state index in [0.29, 0.717) is 12.6 Å². The number of rotatable bonds is 5. The van der Waals surface area contributed by atoms with Crippen molar-refractivity contribution in [1.82, 2.24) is 15.1 Å². The molecule has 0 radical (unpaired) electrons. The molecule has 1 aromatic heterocycles. The standard InChI is InChI=1S/C13H23N3O/c1-3-16-13(8-11(2)15-16)10-17-9-12-6-4-5-7-14-12/h8,12,14H,3-7,9-10H2,1-2H3. The van der Waals surface area contributed by atoms with E-state index in [2.05, 4.69) is 23.4 Å². The van der Waals surface area contributed by atoms with Crippen molar-refractivity contribution in [3.63, 3.8) is 0 Å². The summed E-state index contributed by atoms with van der Waals surface area (Å²) >= 11 is 0. The summed E-state index contributed by atoms with van der Waals surface area (Å²) in [4.78, 5) is 0. The average Bonchev–Trinajstić information content (AvgIpc) is 2.71. The Hall–Kier alpha value is -0.870. The van der Waals surface area contributed by atoms with Gasteiger partial charge in [0.25, 0.3) is 0 Å². The molecule has 1 N–H and O–H groups in total.